The minimum Gasteiger partial charge on any atom is -0.490 e. The van der Waals surface area contributed by atoms with Crippen molar-refractivity contribution >= 4 is 17.0 Å². The van der Waals surface area contributed by atoms with Gasteiger partial charge in [-0.15, -0.1) is 10.2 Å². The number of ether oxygens (including phenoxy) is 1. The lowest BCUT2D eigenvalue weighted by Crippen LogP contribution is -2.07. The fourth-order valence-corrected chi connectivity index (χ4v) is 2.67. The van der Waals surface area contributed by atoms with E-state index in [1.54, 1.807) is 12.1 Å². The fourth-order valence-electron chi connectivity index (χ4n) is 1.72. The number of para-hydroxylation sites is 1. The van der Waals surface area contributed by atoms with E-state index in [1.807, 2.05) is 6.92 Å². The van der Waals surface area contributed by atoms with Crippen LogP contribution in [0.1, 0.15) is 24.4 Å². The molecule has 20 heavy (non-hydrogen) atoms. The van der Waals surface area contributed by atoms with Crippen molar-refractivity contribution < 1.29 is 9.66 Å². The predicted molar refractivity (Wildman–Crippen MR) is 75.8 cm³/mol. The van der Waals surface area contributed by atoms with E-state index in [-0.39, 0.29) is 17.5 Å². The van der Waals surface area contributed by atoms with Crippen LogP contribution in [0, 0.1) is 10.1 Å². The number of aromatic nitrogens is 2. The fraction of sp³-hybridized carbons (Fsp3) is 0.333. The zero-order chi connectivity index (χ0) is 14.7. The maximum atomic E-state index is 11.0. The first-order valence-corrected chi connectivity index (χ1v) is 6.80. The normalized spacial score (nSPS) is 12.2. The molecular formula is C12H14N4O3S. The van der Waals surface area contributed by atoms with Crippen molar-refractivity contribution in [1.82, 2.24) is 10.2 Å². The Bertz CT molecular complexity index is 629. The number of methoxy groups -OCH3 is 1. The second kappa shape index (κ2) is 5.93. The van der Waals surface area contributed by atoms with Crippen LogP contribution in [0.15, 0.2) is 18.2 Å². The maximum absolute atomic E-state index is 11.0. The first kappa shape index (κ1) is 14.4. The molecule has 7 nitrogen and oxygen atoms in total. The Kier molecular flexibility index (Phi) is 4.26. The first-order valence-electron chi connectivity index (χ1n) is 5.99. The van der Waals surface area contributed by atoms with Gasteiger partial charge in [0.05, 0.1) is 23.6 Å². The van der Waals surface area contributed by atoms with Gasteiger partial charge in [0.2, 0.25) is 5.75 Å². The van der Waals surface area contributed by atoms with Crippen LogP contribution in [-0.4, -0.2) is 22.2 Å². The Hall–Kier alpha value is -2.06. The van der Waals surface area contributed by atoms with Crippen molar-refractivity contribution in [1.29, 1.82) is 0 Å². The number of nitro groups is 1. The van der Waals surface area contributed by atoms with E-state index < -0.39 is 4.92 Å². The van der Waals surface area contributed by atoms with Crippen LogP contribution in [0.3, 0.4) is 0 Å². The molecule has 1 atom stereocenters. The summed E-state index contributed by atoms with van der Waals surface area (Å²) in [4.78, 5) is 10.5. The predicted octanol–water partition coefficient (Wildman–Crippen LogP) is 2.53. The number of nitro benzene ring substituents is 1. The summed E-state index contributed by atoms with van der Waals surface area (Å²) in [5.74, 6) is 0.185. The Morgan fingerprint density at radius 3 is 2.85 bits per heavy atom. The zero-order valence-corrected chi connectivity index (χ0v) is 11.9. The highest BCUT2D eigenvalue weighted by molar-refractivity contribution is 7.14. The van der Waals surface area contributed by atoms with Gasteiger partial charge in [0.15, 0.2) is 5.01 Å². The van der Waals surface area contributed by atoms with Crippen LogP contribution >= 0.6 is 11.3 Å². The number of hydrogen-bond donors (Lipinski definition) is 1. The standard InChI is InChI=1S/C12H14N4O3S/c1-3-8(13)12-15-14-11(20-12)7-5-4-6-9(16(17)18)10(7)19-2/h4-6,8H,3,13H2,1-2H3. The number of benzene rings is 1. The topological polar surface area (TPSA) is 104 Å². The summed E-state index contributed by atoms with van der Waals surface area (Å²) in [6, 6.07) is 4.53. The molecule has 1 heterocycles. The van der Waals surface area contributed by atoms with Gasteiger partial charge in [0.25, 0.3) is 0 Å². The summed E-state index contributed by atoms with van der Waals surface area (Å²) in [6.07, 6.45) is 0.751. The average molecular weight is 294 g/mol. The molecule has 1 aromatic heterocycles. The van der Waals surface area contributed by atoms with Gasteiger partial charge >= 0.3 is 5.69 Å². The monoisotopic (exact) mass is 294 g/mol. The van der Waals surface area contributed by atoms with Gasteiger partial charge in [-0.05, 0) is 12.5 Å². The SMILES string of the molecule is CCC(N)c1nnc(-c2cccc([N+](=O)[O-])c2OC)s1. The summed E-state index contributed by atoms with van der Waals surface area (Å²) in [7, 11) is 1.39. The molecule has 0 spiro atoms. The van der Waals surface area contributed by atoms with Crippen LogP contribution in [0.4, 0.5) is 5.69 Å². The number of hydrogen-bond acceptors (Lipinski definition) is 7. The molecule has 0 radical (unpaired) electrons. The van der Waals surface area contributed by atoms with E-state index in [4.69, 9.17) is 10.5 Å². The molecule has 0 aliphatic rings. The molecule has 106 valence electrons. The number of rotatable bonds is 5. The van der Waals surface area contributed by atoms with E-state index >= 15 is 0 Å². The van der Waals surface area contributed by atoms with Gasteiger partial charge in [-0.25, -0.2) is 0 Å². The lowest BCUT2D eigenvalue weighted by molar-refractivity contribution is -0.385. The molecule has 0 bridgehead atoms. The van der Waals surface area contributed by atoms with E-state index in [2.05, 4.69) is 10.2 Å². The summed E-state index contributed by atoms with van der Waals surface area (Å²) in [5.41, 5.74) is 6.36. The second-order valence-corrected chi connectivity index (χ2v) is 5.08. The van der Waals surface area contributed by atoms with Crippen LogP contribution in [-0.2, 0) is 0 Å². The van der Waals surface area contributed by atoms with Gasteiger partial charge in [-0.3, -0.25) is 10.1 Å². The van der Waals surface area contributed by atoms with Crippen molar-refractivity contribution in [2.75, 3.05) is 7.11 Å². The van der Waals surface area contributed by atoms with Crippen LogP contribution in [0.25, 0.3) is 10.6 Å². The van der Waals surface area contributed by atoms with Crippen molar-refractivity contribution in [3.8, 4) is 16.3 Å². The molecule has 2 N–H and O–H groups in total. The minimum absolute atomic E-state index is 0.0958. The summed E-state index contributed by atoms with van der Waals surface area (Å²) in [5, 5.41) is 20.3. The number of nitrogens with zero attached hydrogens (tertiary/aromatic N) is 3. The molecule has 2 rings (SSSR count). The quantitative estimate of drug-likeness (QED) is 0.671. The molecule has 0 aliphatic carbocycles. The summed E-state index contributed by atoms with van der Waals surface area (Å²) in [6.45, 7) is 1.96. The van der Waals surface area contributed by atoms with Crippen LogP contribution in [0.5, 0.6) is 5.75 Å². The van der Waals surface area contributed by atoms with Crippen molar-refractivity contribution in [3.63, 3.8) is 0 Å². The Balaban J connectivity index is 2.50. The molecule has 0 fully saturated rings. The average Bonchev–Trinajstić information content (AvgIpc) is 2.95. The van der Waals surface area contributed by atoms with Gasteiger partial charge < -0.3 is 10.5 Å². The van der Waals surface area contributed by atoms with Gasteiger partial charge in [0.1, 0.15) is 5.01 Å². The Labute approximate surface area is 119 Å². The molecule has 0 saturated carbocycles. The Morgan fingerprint density at radius 1 is 1.50 bits per heavy atom. The molecule has 1 unspecified atom stereocenters. The third kappa shape index (κ3) is 2.61. The van der Waals surface area contributed by atoms with E-state index in [9.17, 15) is 10.1 Å². The molecule has 8 heteroatoms. The smallest absolute Gasteiger partial charge is 0.311 e. The summed E-state index contributed by atoms with van der Waals surface area (Å²) < 4.78 is 5.15. The van der Waals surface area contributed by atoms with E-state index in [0.717, 1.165) is 6.42 Å². The Morgan fingerprint density at radius 2 is 2.25 bits per heavy atom. The molecule has 2 aromatic rings. The molecule has 0 aliphatic heterocycles. The van der Waals surface area contributed by atoms with E-state index in [0.29, 0.717) is 15.6 Å². The zero-order valence-electron chi connectivity index (χ0n) is 11.1. The molecule has 0 saturated heterocycles. The third-order valence-electron chi connectivity index (χ3n) is 2.82. The van der Waals surface area contributed by atoms with Gasteiger partial charge in [0, 0.05) is 6.07 Å². The largest absolute Gasteiger partial charge is 0.490 e. The second-order valence-electron chi connectivity index (χ2n) is 4.08. The molecule has 1 aromatic carbocycles. The third-order valence-corrected chi connectivity index (χ3v) is 3.91. The minimum atomic E-state index is -0.484. The number of nitrogens with two attached hydrogens (primary N) is 1. The van der Waals surface area contributed by atoms with Gasteiger partial charge in [-0.1, -0.05) is 24.3 Å². The molecular weight excluding hydrogens is 280 g/mol. The summed E-state index contributed by atoms with van der Waals surface area (Å²) >= 11 is 1.32. The van der Waals surface area contributed by atoms with Crippen molar-refractivity contribution in [3.05, 3.63) is 33.3 Å². The van der Waals surface area contributed by atoms with Crippen LogP contribution in [0.2, 0.25) is 0 Å². The van der Waals surface area contributed by atoms with Crippen LogP contribution < -0.4 is 10.5 Å². The van der Waals surface area contributed by atoms with Crippen molar-refractivity contribution in [2.45, 2.75) is 19.4 Å². The van der Waals surface area contributed by atoms with Crippen molar-refractivity contribution in [2.24, 2.45) is 5.73 Å². The van der Waals surface area contributed by atoms with E-state index in [1.165, 1.54) is 24.5 Å². The molecule has 0 amide bonds. The van der Waals surface area contributed by atoms with Gasteiger partial charge in [-0.2, -0.15) is 0 Å². The maximum Gasteiger partial charge on any atom is 0.311 e. The lowest BCUT2D eigenvalue weighted by atomic mass is 10.2. The highest BCUT2D eigenvalue weighted by atomic mass is 32.1. The first-order chi connectivity index (χ1) is 9.58. The highest BCUT2D eigenvalue weighted by Gasteiger charge is 2.22. The lowest BCUT2D eigenvalue weighted by Gasteiger charge is -2.05. The highest BCUT2D eigenvalue weighted by Crippen LogP contribution is 2.39.